The molecule has 1 amide bonds. The zero-order valence-electron chi connectivity index (χ0n) is 17.3. The normalized spacial score (nSPS) is 17.0. The van der Waals surface area contributed by atoms with Crippen LogP contribution in [0.3, 0.4) is 0 Å². The van der Waals surface area contributed by atoms with Crippen LogP contribution in [0.5, 0.6) is 0 Å². The molecule has 0 bridgehead atoms. The largest absolute Gasteiger partial charge is 0.392 e. The lowest BCUT2D eigenvalue weighted by Gasteiger charge is -2.20. The van der Waals surface area contributed by atoms with Crippen molar-refractivity contribution in [3.63, 3.8) is 0 Å². The molecule has 3 aromatic rings. The van der Waals surface area contributed by atoms with E-state index in [1.165, 1.54) is 0 Å². The number of halogens is 1. The lowest BCUT2D eigenvalue weighted by molar-refractivity contribution is 0.0785. The van der Waals surface area contributed by atoms with Crippen LogP contribution in [0.4, 0.5) is 0 Å². The molecule has 31 heavy (non-hydrogen) atoms. The van der Waals surface area contributed by atoms with E-state index >= 15 is 0 Å². The molecular weight excluding hydrogens is 412 g/mol. The van der Waals surface area contributed by atoms with Crippen molar-refractivity contribution >= 4 is 17.5 Å². The lowest BCUT2D eigenvalue weighted by atomic mass is 9.90. The molecule has 2 heterocycles. The molecule has 1 aliphatic rings. The Hall–Kier alpha value is -2.73. The molecule has 1 aliphatic heterocycles. The van der Waals surface area contributed by atoms with Gasteiger partial charge in [0.15, 0.2) is 0 Å². The van der Waals surface area contributed by atoms with E-state index in [9.17, 15) is 15.0 Å². The van der Waals surface area contributed by atoms with Crippen molar-refractivity contribution in [2.75, 3.05) is 13.1 Å². The average molecular weight is 437 g/mol. The highest BCUT2D eigenvalue weighted by atomic mass is 35.5. The van der Waals surface area contributed by atoms with Crippen LogP contribution in [0.2, 0.25) is 5.02 Å². The predicted octanol–water partition coefficient (Wildman–Crippen LogP) is 4.25. The third-order valence-electron chi connectivity index (χ3n) is 5.89. The van der Waals surface area contributed by atoms with Crippen molar-refractivity contribution in [1.29, 1.82) is 0 Å². The van der Waals surface area contributed by atoms with Gasteiger partial charge in [0.1, 0.15) is 11.8 Å². The van der Waals surface area contributed by atoms with E-state index < -0.39 is 6.10 Å². The fraction of sp³-hybridized carbons (Fsp3) is 0.280. The molecule has 6 heteroatoms. The first-order chi connectivity index (χ1) is 15.0. The van der Waals surface area contributed by atoms with Gasteiger partial charge in [0.05, 0.1) is 11.6 Å². The number of pyridine rings is 1. The number of aryl methyl sites for hydroxylation is 1. The third-order valence-corrected chi connectivity index (χ3v) is 6.19. The zero-order valence-corrected chi connectivity index (χ0v) is 18.1. The minimum Gasteiger partial charge on any atom is -0.392 e. The maximum Gasteiger partial charge on any atom is 0.274 e. The Bertz CT molecular complexity index is 1100. The van der Waals surface area contributed by atoms with E-state index in [-0.39, 0.29) is 24.1 Å². The second-order valence-electron chi connectivity index (χ2n) is 8.00. The van der Waals surface area contributed by atoms with Gasteiger partial charge < -0.3 is 15.1 Å². The standard InChI is InChI=1S/C25H25ClN2O3/c1-16-4-2-5-17(12-16)24(30)18-7-8-21(20(13-18)15-29)19-9-11-28(14-19)25(31)23-22(26)6-3-10-27-23/h2-8,10,12-13,19,24,29-30H,9,11,14-15H2,1H3. The number of carbonyl (C=O) groups excluding carboxylic acids is 1. The van der Waals surface area contributed by atoms with E-state index in [0.29, 0.717) is 18.1 Å². The molecule has 2 atom stereocenters. The van der Waals surface area contributed by atoms with Gasteiger partial charge in [-0.1, -0.05) is 59.6 Å². The van der Waals surface area contributed by atoms with E-state index in [1.807, 2.05) is 49.4 Å². The van der Waals surface area contributed by atoms with Crippen molar-refractivity contribution < 1.29 is 15.0 Å². The summed E-state index contributed by atoms with van der Waals surface area (Å²) in [7, 11) is 0. The van der Waals surface area contributed by atoms with Crippen LogP contribution in [-0.4, -0.2) is 39.1 Å². The number of nitrogens with zero attached hydrogens (tertiary/aromatic N) is 2. The number of hydrogen-bond donors (Lipinski definition) is 2. The first kappa shape index (κ1) is 21.5. The zero-order chi connectivity index (χ0) is 22.0. The Morgan fingerprint density at radius 3 is 2.74 bits per heavy atom. The summed E-state index contributed by atoms with van der Waals surface area (Å²) in [5, 5.41) is 21.2. The maximum atomic E-state index is 12.8. The summed E-state index contributed by atoms with van der Waals surface area (Å²) in [6.45, 7) is 3.01. The molecule has 1 saturated heterocycles. The smallest absolute Gasteiger partial charge is 0.274 e. The second kappa shape index (κ2) is 9.18. The summed E-state index contributed by atoms with van der Waals surface area (Å²) in [6.07, 6.45) is 1.60. The molecule has 2 aromatic carbocycles. The number of amides is 1. The Morgan fingerprint density at radius 1 is 1.19 bits per heavy atom. The van der Waals surface area contributed by atoms with Gasteiger partial charge in [-0.25, -0.2) is 4.98 Å². The molecule has 2 unspecified atom stereocenters. The van der Waals surface area contributed by atoms with Crippen LogP contribution in [-0.2, 0) is 6.61 Å². The minimum atomic E-state index is -0.757. The Labute approximate surface area is 186 Å². The van der Waals surface area contributed by atoms with Crippen molar-refractivity contribution in [2.45, 2.75) is 32.0 Å². The number of aliphatic hydroxyl groups is 2. The molecule has 160 valence electrons. The molecule has 4 rings (SSSR count). The Balaban J connectivity index is 1.54. The fourth-order valence-electron chi connectivity index (χ4n) is 4.26. The van der Waals surface area contributed by atoms with Gasteiger partial charge >= 0.3 is 0 Å². The summed E-state index contributed by atoms with van der Waals surface area (Å²) >= 11 is 6.14. The topological polar surface area (TPSA) is 73.7 Å². The number of likely N-dealkylation sites (tertiary alicyclic amines) is 1. The van der Waals surface area contributed by atoms with Crippen LogP contribution >= 0.6 is 11.6 Å². The molecule has 2 N–H and O–H groups in total. The molecule has 1 fully saturated rings. The van der Waals surface area contributed by atoms with Crippen molar-refractivity contribution in [2.24, 2.45) is 0 Å². The molecule has 1 aromatic heterocycles. The van der Waals surface area contributed by atoms with Gasteiger partial charge in [0.25, 0.3) is 5.91 Å². The fourth-order valence-corrected chi connectivity index (χ4v) is 4.46. The predicted molar refractivity (Wildman–Crippen MR) is 120 cm³/mol. The van der Waals surface area contributed by atoms with Crippen molar-refractivity contribution in [3.8, 4) is 0 Å². The summed E-state index contributed by atoms with van der Waals surface area (Å²) in [4.78, 5) is 18.7. The molecule has 5 nitrogen and oxygen atoms in total. The molecule has 0 radical (unpaired) electrons. The summed E-state index contributed by atoms with van der Waals surface area (Å²) in [6, 6.07) is 16.9. The number of rotatable bonds is 5. The van der Waals surface area contributed by atoms with Crippen molar-refractivity contribution in [3.05, 3.63) is 99.3 Å². The van der Waals surface area contributed by atoms with E-state index in [0.717, 1.165) is 34.2 Å². The number of aromatic nitrogens is 1. The Morgan fingerprint density at radius 2 is 2.00 bits per heavy atom. The van der Waals surface area contributed by atoms with Crippen LogP contribution < -0.4 is 0 Å². The van der Waals surface area contributed by atoms with Gasteiger partial charge in [-0.3, -0.25) is 4.79 Å². The monoisotopic (exact) mass is 436 g/mol. The van der Waals surface area contributed by atoms with E-state index in [1.54, 1.807) is 23.2 Å². The molecule has 0 aliphatic carbocycles. The van der Waals surface area contributed by atoms with Gasteiger partial charge in [-0.15, -0.1) is 0 Å². The number of hydrogen-bond acceptors (Lipinski definition) is 4. The van der Waals surface area contributed by atoms with Gasteiger partial charge in [0.2, 0.25) is 0 Å². The first-order valence-electron chi connectivity index (χ1n) is 10.4. The third kappa shape index (κ3) is 4.49. The SMILES string of the molecule is Cc1cccc(C(O)c2ccc(C3CCN(C(=O)c4ncccc4Cl)C3)c(CO)c2)c1. The number of aliphatic hydroxyl groups excluding tert-OH is 2. The quantitative estimate of drug-likeness (QED) is 0.627. The van der Waals surface area contributed by atoms with Crippen LogP contribution in [0.1, 0.15) is 56.7 Å². The van der Waals surface area contributed by atoms with E-state index in [4.69, 9.17) is 11.6 Å². The average Bonchev–Trinajstić information content (AvgIpc) is 3.28. The van der Waals surface area contributed by atoms with Gasteiger partial charge in [-0.05, 0) is 47.7 Å². The van der Waals surface area contributed by atoms with Crippen molar-refractivity contribution in [1.82, 2.24) is 9.88 Å². The maximum absolute atomic E-state index is 12.8. The van der Waals surface area contributed by atoms with Gasteiger partial charge in [0, 0.05) is 25.2 Å². The second-order valence-corrected chi connectivity index (χ2v) is 8.41. The highest BCUT2D eigenvalue weighted by Gasteiger charge is 2.30. The van der Waals surface area contributed by atoms with Crippen LogP contribution in [0.15, 0.2) is 60.8 Å². The van der Waals surface area contributed by atoms with Crippen LogP contribution in [0, 0.1) is 6.92 Å². The Kier molecular flexibility index (Phi) is 6.37. The van der Waals surface area contributed by atoms with E-state index in [2.05, 4.69) is 4.98 Å². The molecule has 0 spiro atoms. The first-order valence-corrected chi connectivity index (χ1v) is 10.7. The summed E-state index contributed by atoms with van der Waals surface area (Å²) in [5.74, 6) is -0.0658. The highest BCUT2D eigenvalue weighted by Crippen LogP contribution is 2.33. The lowest BCUT2D eigenvalue weighted by Crippen LogP contribution is -2.29. The highest BCUT2D eigenvalue weighted by molar-refractivity contribution is 6.33. The number of carbonyl (C=O) groups is 1. The minimum absolute atomic E-state index is 0.110. The molecule has 0 saturated carbocycles. The van der Waals surface area contributed by atoms with Gasteiger partial charge in [-0.2, -0.15) is 0 Å². The summed E-state index contributed by atoms with van der Waals surface area (Å²) < 4.78 is 0. The summed E-state index contributed by atoms with van der Waals surface area (Å²) in [5.41, 5.74) is 4.69. The molecular formula is C25H25ClN2O3. The van der Waals surface area contributed by atoms with Crippen LogP contribution in [0.25, 0.3) is 0 Å². The number of benzene rings is 2.